The minimum Gasteiger partial charge on any atom is -0.348 e. The molecule has 1 saturated heterocycles. The number of carbonyl (C=O) groups excluding carboxylic acids is 4. The van der Waals surface area contributed by atoms with Crippen molar-refractivity contribution >= 4 is 35.0 Å². The first-order chi connectivity index (χ1) is 20.8. The molecule has 3 atom stereocenters. The zero-order valence-corrected chi connectivity index (χ0v) is 26.7. The fourth-order valence-electron chi connectivity index (χ4n) is 5.04. The third-order valence-electron chi connectivity index (χ3n) is 7.45. The SMILES string of the molecule is C=C(C)NC(=O)c1cnc(C(=O)NC(C(=O)N2CCCC2C(=O)NC(C)c2ccc(-c3scnc3C)cc2)C(C)(C)C)cn1. The second-order valence-electron chi connectivity index (χ2n) is 12.1. The summed E-state index contributed by atoms with van der Waals surface area (Å²) in [6, 6.07) is 6.17. The summed E-state index contributed by atoms with van der Waals surface area (Å²) in [6.07, 6.45) is 3.57. The van der Waals surface area contributed by atoms with Gasteiger partial charge in [0.1, 0.15) is 23.5 Å². The minimum atomic E-state index is -0.934. The van der Waals surface area contributed by atoms with Gasteiger partial charge in [0, 0.05) is 12.2 Å². The lowest BCUT2D eigenvalue weighted by Gasteiger charge is -2.35. The molecule has 3 N–H and O–H groups in total. The molecule has 0 radical (unpaired) electrons. The molecule has 0 bridgehead atoms. The molecule has 3 heterocycles. The van der Waals surface area contributed by atoms with Crippen molar-refractivity contribution in [2.75, 3.05) is 6.54 Å². The number of thiazole rings is 1. The van der Waals surface area contributed by atoms with Crippen molar-refractivity contribution in [3.8, 4) is 10.4 Å². The van der Waals surface area contributed by atoms with E-state index in [1.807, 2.05) is 64.4 Å². The molecule has 0 aliphatic carbocycles. The van der Waals surface area contributed by atoms with Gasteiger partial charge < -0.3 is 20.9 Å². The van der Waals surface area contributed by atoms with Crippen LogP contribution in [-0.4, -0.2) is 62.1 Å². The lowest BCUT2D eigenvalue weighted by Crippen LogP contribution is -2.57. The van der Waals surface area contributed by atoms with Crippen LogP contribution in [0.3, 0.4) is 0 Å². The van der Waals surface area contributed by atoms with Crippen LogP contribution in [0.4, 0.5) is 0 Å². The third kappa shape index (κ3) is 7.54. The molecule has 3 unspecified atom stereocenters. The van der Waals surface area contributed by atoms with E-state index in [2.05, 4.69) is 37.5 Å². The summed E-state index contributed by atoms with van der Waals surface area (Å²) in [6.45, 7) is 15.1. The van der Waals surface area contributed by atoms with Crippen LogP contribution in [0.25, 0.3) is 10.4 Å². The van der Waals surface area contributed by atoms with Crippen LogP contribution in [0.2, 0.25) is 0 Å². The highest BCUT2D eigenvalue weighted by Crippen LogP contribution is 2.29. The molecule has 44 heavy (non-hydrogen) atoms. The maximum atomic E-state index is 13.9. The first-order valence-corrected chi connectivity index (χ1v) is 15.3. The molecule has 12 heteroatoms. The quantitative estimate of drug-likeness (QED) is 0.326. The number of amides is 4. The van der Waals surface area contributed by atoms with Crippen LogP contribution in [0.5, 0.6) is 0 Å². The highest BCUT2D eigenvalue weighted by Gasteiger charge is 2.42. The molecule has 2 aromatic heterocycles. The van der Waals surface area contributed by atoms with Gasteiger partial charge in [-0.05, 0) is 50.2 Å². The van der Waals surface area contributed by atoms with E-state index in [0.717, 1.165) is 21.7 Å². The predicted molar refractivity (Wildman–Crippen MR) is 169 cm³/mol. The summed E-state index contributed by atoms with van der Waals surface area (Å²) < 4.78 is 0. The first-order valence-electron chi connectivity index (χ1n) is 14.5. The van der Waals surface area contributed by atoms with Crippen LogP contribution in [0, 0.1) is 12.3 Å². The van der Waals surface area contributed by atoms with Crippen LogP contribution in [0.1, 0.15) is 85.7 Å². The lowest BCUT2D eigenvalue weighted by atomic mass is 9.85. The van der Waals surface area contributed by atoms with Gasteiger partial charge >= 0.3 is 0 Å². The second kappa shape index (κ2) is 13.5. The van der Waals surface area contributed by atoms with Crippen LogP contribution in [0.15, 0.2) is 54.4 Å². The van der Waals surface area contributed by atoms with Gasteiger partial charge in [-0.3, -0.25) is 19.2 Å². The summed E-state index contributed by atoms with van der Waals surface area (Å²) in [5, 5.41) is 8.40. The van der Waals surface area contributed by atoms with Crippen LogP contribution in [-0.2, 0) is 9.59 Å². The molecule has 1 fully saturated rings. The number of benzene rings is 1. The Kier molecular flexibility index (Phi) is 9.93. The fourth-order valence-corrected chi connectivity index (χ4v) is 5.85. The normalized spacial score (nSPS) is 16.1. The average molecular weight is 618 g/mol. The molecule has 4 rings (SSSR count). The van der Waals surface area contributed by atoms with Crippen molar-refractivity contribution in [2.24, 2.45) is 5.41 Å². The largest absolute Gasteiger partial charge is 0.348 e. The molecule has 1 aliphatic rings. The number of aryl methyl sites for hydroxylation is 1. The number of allylic oxidation sites excluding steroid dienone is 1. The monoisotopic (exact) mass is 617 g/mol. The van der Waals surface area contributed by atoms with E-state index in [1.54, 1.807) is 23.2 Å². The topological polar surface area (TPSA) is 146 Å². The Morgan fingerprint density at radius 2 is 1.64 bits per heavy atom. The summed E-state index contributed by atoms with van der Waals surface area (Å²) in [5.74, 6) is -1.68. The molecule has 1 aliphatic heterocycles. The van der Waals surface area contributed by atoms with Gasteiger partial charge in [0.2, 0.25) is 11.8 Å². The Morgan fingerprint density at radius 1 is 1.00 bits per heavy atom. The summed E-state index contributed by atoms with van der Waals surface area (Å²) in [5.41, 5.74) is 4.59. The van der Waals surface area contributed by atoms with E-state index in [0.29, 0.717) is 25.1 Å². The van der Waals surface area contributed by atoms with Gasteiger partial charge in [-0.25, -0.2) is 15.0 Å². The summed E-state index contributed by atoms with van der Waals surface area (Å²) >= 11 is 1.59. The summed E-state index contributed by atoms with van der Waals surface area (Å²) in [4.78, 5) is 67.7. The van der Waals surface area contributed by atoms with Gasteiger partial charge in [-0.2, -0.15) is 0 Å². The van der Waals surface area contributed by atoms with Gasteiger partial charge in [0.25, 0.3) is 11.8 Å². The van der Waals surface area contributed by atoms with Crippen molar-refractivity contribution in [3.63, 3.8) is 0 Å². The smallest absolute Gasteiger partial charge is 0.275 e. The maximum Gasteiger partial charge on any atom is 0.275 e. The third-order valence-corrected chi connectivity index (χ3v) is 8.43. The highest BCUT2D eigenvalue weighted by molar-refractivity contribution is 7.13. The number of likely N-dealkylation sites (tertiary alicyclic amines) is 1. The zero-order chi connectivity index (χ0) is 32.2. The first kappa shape index (κ1) is 32.5. The lowest BCUT2D eigenvalue weighted by molar-refractivity contribution is -0.142. The van der Waals surface area contributed by atoms with E-state index in [9.17, 15) is 19.2 Å². The van der Waals surface area contributed by atoms with Crippen LogP contribution >= 0.6 is 11.3 Å². The molecule has 0 spiro atoms. The van der Waals surface area contributed by atoms with Gasteiger partial charge in [-0.15, -0.1) is 11.3 Å². The Balaban J connectivity index is 1.43. The highest BCUT2D eigenvalue weighted by atomic mass is 32.1. The van der Waals surface area contributed by atoms with Crippen molar-refractivity contribution in [1.29, 1.82) is 0 Å². The molecule has 4 amide bonds. The maximum absolute atomic E-state index is 13.9. The van der Waals surface area contributed by atoms with Crippen molar-refractivity contribution in [3.05, 3.63) is 77.1 Å². The van der Waals surface area contributed by atoms with E-state index < -0.39 is 29.3 Å². The van der Waals surface area contributed by atoms with Gasteiger partial charge in [-0.1, -0.05) is 51.6 Å². The molecule has 3 aromatic rings. The Bertz CT molecular complexity index is 1540. The number of nitrogens with one attached hydrogen (secondary N) is 3. The van der Waals surface area contributed by atoms with E-state index >= 15 is 0 Å². The zero-order valence-electron chi connectivity index (χ0n) is 25.9. The second-order valence-corrected chi connectivity index (χ2v) is 13.0. The average Bonchev–Trinajstić information content (AvgIpc) is 3.64. The molecular weight excluding hydrogens is 578 g/mol. The Morgan fingerprint density at radius 3 is 2.18 bits per heavy atom. The molecule has 232 valence electrons. The van der Waals surface area contributed by atoms with Crippen LogP contribution < -0.4 is 16.0 Å². The number of rotatable bonds is 9. The Labute approximate surface area is 261 Å². The van der Waals surface area contributed by atoms with Crippen molar-refractivity contribution in [2.45, 2.75) is 72.5 Å². The van der Waals surface area contributed by atoms with Gasteiger partial charge in [0.05, 0.1) is 34.5 Å². The number of hydrogen-bond acceptors (Lipinski definition) is 8. The van der Waals surface area contributed by atoms with Gasteiger partial charge in [0.15, 0.2) is 0 Å². The molecule has 0 saturated carbocycles. The van der Waals surface area contributed by atoms with E-state index in [-0.39, 0.29) is 29.2 Å². The Hall–Kier alpha value is -4.45. The number of nitrogens with zero attached hydrogens (tertiary/aromatic N) is 4. The molecular formula is C32H39N7O4S. The minimum absolute atomic E-state index is 0.0268. The predicted octanol–water partition coefficient (Wildman–Crippen LogP) is 4.18. The number of aromatic nitrogens is 3. The van der Waals surface area contributed by atoms with Crippen molar-refractivity contribution < 1.29 is 19.2 Å². The molecule has 11 nitrogen and oxygen atoms in total. The van der Waals surface area contributed by atoms with E-state index in [4.69, 9.17) is 0 Å². The van der Waals surface area contributed by atoms with Crippen molar-refractivity contribution in [1.82, 2.24) is 35.8 Å². The summed E-state index contributed by atoms with van der Waals surface area (Å²) in [7, 11) is 0. The standard InChI is InChI=1S/C32H39N7O4S/c1-18(2)36-28(40)23-15-34-24(16-33-23)29(41)38-27(32(5,6)7)31(43)39-14-8-9-25(39)30(42)37-19(3)21-10-12-22(13-11-21)26-20(4)35-17-44-26/h10-13,15-17,19,25,27H,1,8-9,14H2,2-7H3,(H,36,40)(H,37,42)(H,38,41). The van der Waals surface area contributed by atoms with E-state index in [1.165, 1.54) is 12.4 Å². The molecule has 1 aromatic carbocycles. The fraction of sp³-hybridized carbons (Fsp3) is 0.406. The number of hydrogen-bond donors (Lipinski definition) is 3. The number of carbonyl (C=O) groups is 4.